The van der Waals surface area contributed by atoms with Crippen LogP contribution in [0.3, 0.4) is 0 Å². The number of nitrogens with zero attached hydrogens (tertiary/aromatic N) is 2. The van der Waals surface area contributed by atoms with Gasteiger partial charge in [-0.15, -0.1) is 11.3 Å². The van der Waals surface area contributed by atoms with Gasteiger partial charge in [-0.25, -0.2) is 4.79 Å². The van der Waals surface area contributed by atoms with Crippen molar-refractivity contribution >= 4 is 40.3 Å². The van der Waals surface area contributed by atoms with E-state index in [4.69, 9.17) is 16.3 Å². The Morgan fingerprint density at radius 3 is 2.80 bits per heavy atom. The fourth-order valence-electron chi connectivity index (χ4n) is 2.73. The number of hydrogen-bond donors (Lipinski definition) is 1. The fraction of sp³-hybridized carbons (Fsp3) is 0.389. The molecule has 0 aliphatic carbocycles. The summed E-state index contributed by atoms with van der Waals surface area (Å²) >= 11 is 7.93. The number of ether oxygens (including phenoxy) is 1. The molecular formula is C18H22ClN3O2S. The Morgan fingerprint density at radius 1 is 1.36 bits per heavy atom. The molecule has 1 N–H and O–H groups in total. The molecule has 2 amide bonds. The molecule has 2 heterocycles. The van der Waals surface area contributed by atoms with Gasteiger partial charge in [-0.2, -0.15) is 0 Å². The summed E-state index contributed by atoms with van der Waals surface area (Å²) in [6.45, 7) is 5.11. The zero-order valence-electron chi connectivity index (χ0n) is 14.4. The number of thiophene rings is 1. The van der Waals surface area contributed by atoms with E-state index in [1.54, 1.807) is 23.3 Å². The smallest absolute Gasteiger partial charge is 0.322 e. The van der Waals surface area contributed by atoms with Gasteiger partial charge in [0.1, 0.15) is 0 Å². The number of rotatable bonds is 4. The third kappa shape index (κ3) is 4.26. The Bertz CT molecular complexity index is 717. The Labute approximate surface area is 157 Å². The van der Waals surface area contributed by atoms with Gasteiger partial charge in [0.15, 0.2) is 0 Å². The standard InChI is InChI=1S/C18H22ClN3O2S/c1-13(17-4-3-11-25-17)21(2)18(23)20-16-12-14(5-6-15(16)19)22-7-9-24-10-8-22/h3-6,11-13H,7-10H2,1-2H3,(H,20,23)/t13-/m0/s1. The van der Waals surface area contributed by atoms with Gasteiger partial charge < -0.3 is 19.9 Å². The van der Waals surface area contributed by atoms with Crippen molar-refractivity contribution in [2.45, 2.75) is 13.0 Å². The number of nitrogens with one attached hydrogen (secondary N) is 1. The lowest BCUT2D eigenvalue weighted by molar-refractivity contribution is 0.122. The van der Waals surface area contributed by atoms with Gasteiger partial charge in [0.05, 0.1) is 30.0 Å². The third-order valence-electron chi connectivity index (χ3n) is 4.42. The highest BCUT2D eigenvalue weighted by atomic mass is 35.5. The van der Waals surface area contributed by atoms with Crippen LogP contribution < -0.4 is 10.2 Å². The predicted molar refractivity (Wildman–Crippen MR) is 104 cm³/mol. The SMILES string of the molecule is C[C@@H](c1cccs1)N(C)C(=O)Nc1cc(N2CCOCC2)ccc1Cl. The summed E-state index contributed by atoms with van der Waals surface area (Å²) in [7, 11) is 1.79. The van der Waals surface area contributed by atoms with Crippen LogP contribution in [0.4, 0.5) is 16.2 Å². The number of halogens is 1. The molecule has 1 aliphatic rings. The number of anilines is 2. The van der Waals surface area contributed by atoms with Gasteiger partial charge >= 0.3 is 6.03 Å². The highest BCUT2D eigenvalue weighted by Crippen LogP contribution is 2.29. The highest BCUT2D eigenvalue weighted by Gasteiger charge is 2.20. The van der Waals surface area contributed by atoms with E-state index in [2.05, 4.69) is 10.2 Å². The highest BCUT2D eigenvalue weighted by molar-refractivity contribution is 7.10. The molecule has 1 atom stereocenters. The predicted octanol–water partition coefficient (Wildman–Crippen LogP) is 4.46. The van der Waals surface area contributed by atoms with Gasteiger partial charge in [0.25, 0.3) is 0 Å². The van der Waals surface area contributed by atoms with Crippen LogP contribution in [0.5, 0.6) is 0 Å². The summed E-state index contributed by atoms with van der Waals surface area (Å²) in [5.41, 5.74) is 1.66. The zero-order valence-corrected chi connectivity index (χ0v) is 15.9. The van der Waals surface area contributed by atoms with E-state index >= 15 is 0 Å². The zero-order chi connectivity index (χ0) is 17.8. The van der Waals surface area contributed by atoms with Crippen molar-refractivity contribution in [3.8, 4) is 0 Å². The summed E-state index contributed by atoms with van der Waals surface area (Å²) in [6, 6.07) is 9.57. The molecule has 134 valence electrons. The van der Waals surface area contributed by atoms with Gasteiger partial charge in [-0.3, -0.25) is 0 Å². The van der Waals surface area contributed by atoms with Gasteiger partial charge in [0, 0.05) is 30.7 Å². The minimum atomic E-state index is -0.179. The van der Waals surface area contributed by atoms with Crippen LogP contribution in [0, 0.1) is 0 Å². The summed E-state index contributed by atoms with van der Waals surface area (Å²) in [5, 5.41) is 5.48. The molecule has 0 unspecified atom stereocenters. The molecule has 1 aromatic heterocycles. The second kappa shape index (κ2) is 8.08. The second-order valence-corrected chi connectivity index (χ2v) is 7.38. The summed E-state index contributed by atoms with van der Waals surface area (Å²) < 4.78 is 5.39. The van der Waals surface area contributed by atoms with Gasteiger partial charge in [-0.1, -0.05) is 17.7 Å². The first-order chi connectivity index (χ1) is 12.1. The van der Waals surface area contributed by atoms with Crippen molar-refractivity contribution in [2.75, 3.05) is 43.6 Å². The Hall–Kier alpha value is -1.76. The molecule has 0 saturated carbocycles. The van der Waals surface area contributed by atoms with Crippen molar-refractivity contribution in [1.29, 1.82) is 0 Å². The summed E-state index contributed by atoms with van der Waals surface area (Å²) in [4.78, 5) is 17.7. The van der Waals surface area contributed by atoms with E-state index in [-0.39, 0.29) is 12.1 Å². The van der Waals surface area contributed by atoms with E-state index in [1.807, 2.05) is 42.6 Å². The van der Waals surface area contributed by atoms with Crippen LogP contribution in [0.1, 0.15) is 17.8 Å². The summed E-state index contributed by atoms with van der Waals surface area (Å²) in [5.74, 6) is 0. The molecule has 1 saturated heterocycles. The molecular weight excluding hydrogens is 358 g/mol. The maximum Gasteiger partial charge on any atom is 0.322 e. The van der Waals surface area contributed by atoms with Crippen molar-refractivity contribution < 1.29 is 9.53 Å². The number of urea groups is 1. The fourth-order valence-corrected chi connectivity index (χ4v) is 3.72. The Kier molecular flexibility index (Phi) is 5.83. The molecule has 7 heteroatoms. The van der Waals surface area contributed by atoms with Crippen LogP contribution >= 0.6 is 22.9 Å². The largest absolute Gasteiger partial charge is 0.378 e. The average molecular weight is 380 g/mol. The maximum atomic E-state index is 12.6. The van der Waals surface area contributed by atoms with E-state index in [0.717, 1.165) is 23.7 Å². The molecule has 5 nitrogen and oxygen atoms in total. The molecule has 2 aromatic rings. The summed E-state index contributed by atoms with van der Waals surface area (Å²) in [6.07, 6.45) is 0. The molecule has 25 heavy (non-hydrogen) atoms. The van der Waals surface area contributed by atoms with E-state index < -0.39 is 0 Å². The minimum absolute atomic E-state index is 0.00111. The van der Waals surface area contributed by atoms with Crippen LogP contribution in [-0.2, 0) is 4.74 Å². The number of benzene rings is 1. The van der Waals surface area contributed by atoms with E-state index in [0.29, 0.717) is 23.9 Å². The lowest BCUT2D eigenvalue weighted by atomic mass is 10.2. The minimum Gasteiger partial charge on any atom is -0.378 e. The lowest BCUT2D eigenvalue weighted by Gasteiger charge is -2.29. The molecule has 0 bridgehead atoms. The van der Waals surface area contributed by atoms with Crippen molar-refractivity contribution in [1.82, 2.24) is 4.90 Å². The Morgan fingerprint density at radius 2 is 2.12 bits per heavy atom. The van der Waals surface area contributed by atoms with Gasteiger partial charge in [0.2, 0.25) is 0 Å². The third-order valence-corrected chi connectivity index (χ3v) is 5.80. The number of hydrogen-bond acceptors (Lipinski definition) is 4. The van der Waals surface area contributed by atoms with Crippen LogP contribution in [-0.4, -0.2) is 44.3 Å². The molecule has 3 rings (SSSR count). The number of carbonyl (C=O) groups is 1. The van der Waals surface area contributed by atoms with Crippen LogP contribution in [0.15, 0.2) is 35.7 Å². The number of carbonyl (C=O) groups excluding carboxylic acids is 1. The quantitative estimate of drug-likeness (QED) is 0.852. The van der Waals surface area contributed by atoms with Crippen LogP contribution in [0.2, 0.25) is 5.02 Å². The second-order valence-electron chi connectivity index (χ2n) is 6.00. The first-order valence-electron chi connectivity index (χ1n) is 8.25. The monoisotopic (exact) mass is 379 g/mol. The topological polar surface area (TPSA) is 44.8 Å². The maximum absolute atomic E-state index is 12.6. The first-order valence-corrected chi connectivity index (χ1v) is 9.51. The Balaban J connectivity index is 1.71. The lowest BCUT2D eigenvalue weighted by Crippen LogP contribution is -2.36. The number of morpholine rings is 1. The molecule has 0 spiro atoms. The average Bonchev–Trinajstić information content (AvgIpc) is 3.17. The number of amides is 2. The molecule has 1 aliphatic heterocycles. The molecule has 1 fully saturated rings. The van der Waals surface area contributed by atoms with Crippen LogP contribution in [0.25, 0.3) is 0 Å². The van der Waals surface area contributed by atoms with Crippen molar-refractivity contribution in [2.24, 2.45) is 0 Å². The normalized spacial score (nSPS) is 15.7. The van der Waals surface area contributed by atoms with Crippen molar-refractivity contribution in [3.05, 3.63) is 45.6 Å². The van der Waals surface area contributed by atoms with E-state index in [9.17, 15) is 4.79 Å². The van der Waals surface area contributed by atoms with Crippen molar-refractivity contribution in [3.63, 3.8) is 0 Å². The molecule has 0 radical (unpaired) electrons. The van der Waals surface area contributed by atoms with Gasteiger partial charge in [-0.05, 0) is 36.6 Å². The first kappa shape index (κ1) is 18.0. The van der Waals surface area contributed by atoms with E-state index in [1.165, 1.54) is 0 Å². The molecule has 1 aromatic carbocycles.